The van der Waals surface area contributed by atoms with Gasteiger partial charge in [0.1, 0.15) is 11.4 Å². The van der Waals surface area contributed by atoms with Crippen LogP contribution in [0.15, 0.2) is 22.8 Å². The molecule has 1 spiro atoms. The molecule has 2 aliphatic heterocycles. The predicted octanol–water partition coefficient (Wildman–Crippen LogP) is 0.921. The van der Waals surface area contributed by atoms with Crippen LogP contribution >= 0.6 is 0 Å². The average Bonchev–Trinajstić information content (AvgIpc) is 3.06. The van der Waals surface area contributed by atoms with E-state index in [9.17, 15) is 8.42 Å². The topological polar surface area (TPSA) is 72.2 Å². The average molecular weight is 358 g/mol. The zero-order valence-corrected chi connectivity index (χ0v) is 15.1. The van der Waals surface area contributed by atoms with Crippen molar-refractivity contribution in [2.75, 3.05) is 46.2 Å². The van der Waals surface area contributed by atoms with E-state index in [4.69, 9.17) is 13.9 Å². The molecule has 0 radical (unpaired) electrons. The standard InChI is InChI=1S/C16H26N2O5S/c1-17(10-14-4-3-8-22-14)11-15-5-6-16(23-15)12-18(24(2,19)20)7-9-21-13-16/h3-4,8,15H,5-7,9-13H2,1-2H3/t15-,16-/m0/s1. The van der Waals surface area contributed by atoms with Crippen LogP contribution in [0.2, 0.25) is 0 Å². The SMILES string of the molecule is CN(Cc1ccco1)C[C@@H]1CC[C@]2(COCCN(S(C)(=O)=O)C2)O1. The predicted molar refractivity (Wildman–Crippen MR) is 89.1 cm³/mol. The molecule has 0 amide bonds. The molecule has 2 atom stereocenters. The smallest absolute Gasteiger partial charge is 0.211 e. The van der Waals surface area contributed by atoms with Gasteiger partial charge in [-0.15, -0.1) is 0 Å². The Balaban J connectivity index is 1.58. The molecule has 2 saturated heterocycles. The Kier molecular flexibility index (Phi) is 5.31. The van der Waals surface area contributed by atoms with Crippen molar-refractivity contribution >= 4 is 10.0 Å². The summed E-state index contributed by atoms with van der Waals surface area (Å²) in [5, 5.41) is 0. The summed E-state index contributed by atoms with van der Waals surface area (Å²) in [7, 11) is -1.21. The fraction of sp³-hybridized carbons (Fsp3) is 0.750. The third-order valence-electron chi connectivity index (χ3n) is 4.64. The maximum Gasteiger partial charge on any atom is 0.211 e. The summed E-state index contributed by atoms with van der Waals surface area (Å²) < 4.78 is 42.6. The van der Waals surface area contributed by atoms with Gasteiger partial charge in [-0.1, -0.05) is 0 Å². The second kappa shape index (κ2) is 7.13. The van der Waals surface area contributed by atoms with Crippen LogP contribution in [0, 0.1) is 0 Å². The van der Waals surface area contributed by atoms with Gasteiger partial charge in [0.15, 0.2) is 0 Å². The summed E-state index contributed by atoms with van der Waals surface area (Å²) in [5.41, 5.74) is -0.518. The number of likely N-dealkylation sites (N-methyl/N-ethyl adjacent to an activating group) is 1. The van der Waals surface area contributed by atoms with E-state index in [2.05, 4.69) is 4.90 Å². The molecule has 2 aliphatic rings. The number of hydrogen-bond donors (Lipinski definition) is 0. The highest BCUT2D eigenvalue weighted by Crippen LogP contribution is 2.34. The van der Waals surface area contributed by atoms with Crippen molar-refractivity contribution in [2.24, 2.45) is 0 Å². The number of nitrogens with zero attached hydrogens (tertiary/aromatic N) is 2. The molecule has 1 aromatic rings. The van der Waals surface area contributed by atoms with Crippen LogP contribution < -0.4 is 0 Å². The van der Waals surface area contributed by atoms with Gasteiger partial charge in [0.05, 0.1) is 38.4 Å². The molecule has 3 heterocycles. The fourth-order valence-electron chi connectivity index (χ4n) is 3.48. The van der Waals surface area contributed by atoms with Crippen LogP contribution in [-0.2, 0) is 26.0 Å². The number of ether oxygens (including phenoxy) is 2. The number of rotatable bonds is 5. The van der Waals surface area contributed by atoms with Crippen molar-refractivity contribution in [2.45, 2.75) is 31.1 Å². The quantitative estimate of drug-likeness (QED) is 0.779. The van der Waals surface area contributed by atoms with Gasteiger partial charge in [0.25, 0.3) is 0 Å². The molecular weight excluding hydrogens is 332 g/mol. The maximum atomic E-state index is 11.9. The monoisotopic (exact) mass is 358 g/mol. The normalized spacial score (nSPS) is 29.4. The summed E-state index contributed by atoms with van der Waals surface area (Å²) in [6, 6.07) is 3.84. The lowest BCUT2D eigenvalue weighted by molar-refractivity contribution is -0.0874. The third kappa shape index (κ3) is 4.37. The Hall–Kier alpha value is -0.930. The van der Waals surface area contributed by atoms with E-state index >= 15 is 0 Å². The van der Waals surface area contributed by atoms with Crippen LogP contribution in [0.1, 0.15) is 18.6 Å². The first-order valence-corrected chi connectivity index (χ1v) is 10.1. The molecule has 8 heteroatoms. The summed E-state index contributed by atoms with van der Waals surface area (Å²) in [6.45, 7) is 3.16. The minimum Gasteiger partial charge on any atom is -0.468 e. The van der Waals surface area contributed by atoms with Crippen LogP contribution in [0.4, 0.5) is 0 Å². The van der Waals surface area contributed by atoms with Crippen molar-refractivity contribution in [1.82, 2.24) is 9.21 Å². The highest BCUT2D eigenvalue weighted by molar-refractivity contribution is 7.88. The minimum atomic E-state index is -3.24. The second-order valence-electron chi connectivity index (χ2n) is 6.89. The Morgan fingerprint density at radius 3 is 3.00 bits per heavy atom. The van der Waals surface area contributed by atoms with Crippen LogP contribution in [0.25, 0.3) is 0 Å². The zero-order chi connectivity index (χ0) is 17.2. The lowest BCUT2D eigenvalue weighted by Gasteiger charge is -2.31. The summed E-state index contributed by atoms with van der Waals surface area (Å²) in [5.74, 6) is 0.922. The first kappa shape index (κ1) is 17.9. The molecule has 0 aliphatic carbocycles. The molecule has 3 rings (SSSR count). The summed E-state index contributed by atoms with van der Waals surface area (Å²) >= 11 is 0. The molecule has 0 saturated carbocycles. The molecule has 7 nitrogen and oxygen atoms in total. The lowest BCUT2D eigenvalue weighted by atomic mass is 10.0. The Morgan fingerprint density at radius 2 is 2.29 bits per heavy atom. The van der Waals surface area contributed by atoms with Gasteiger partial charge in [-0.3, -0.25) is 4.90 Å². The maximum absolute atomic E-state index is 11.9. The van der Waals surface area contributed by atoms with Gasteiger partial charge in [-0.25, -0.2) is 8.42 Å². The molecule has 0 unspecified atom stereocenters. The van der Waals surface area contributed by atoms with Gasteiger partial charge in [0, 0.05) is 19.6 Å². The number of furan rings is 1. The number of hydrogen-bond acceptors (Lipinski definition) is 6. The molecule has 0 bridgehead atoms. The lowest BCUT2D eigenvalue weighted by Crippen LogP contribution is -2.46. The van der Waals surface area contributed by atoms with E-state index in [1.807, 2.05) is 19.2 Å². The Morgan fingerprint density at radius 1 is 1.46 bits per heavy atom. The van der Waals surface area contributed by atoms with Crippen molar-refractivity contribution in [3.05, 3.63) is 24.2 Å². The van der Waals surface area contributed by atoms with Crippen LogP contribution in [-0.4, -0.2) is 75.5 Å². The first-order chi connectivity index (χ1) is 11.4. The first-order valence-electron chi connectivity index (χ1n) is 8.28. The van der Waals surface area contributed by atoms with Gasteiger partial charge >= 0.3 is 0 Å². The molecule has 0 aromatic carbocycles. The molecular formula is C16H26N2O5S. The molecule has 24 heavy (non-hydrogen) atoms. The van der Waals surface area contributed by atoms with E-state index in [0.29, 0.717) is 26.3 Å². The van der Waals surface area contributed by atoms with Crippen molar-refractivity contribution in [3.8, 4) is 0 Å². The van der Waals surface area contributed by atoms with Crippen LogP contribution in [0.3, 0.4) is 0 Å². The van der Waals surface area contributed by atoms with Gasteiger partial charge in [0.2, 0.25) is 10.0 Å². The molecule has 2 fully saturated rings. The highest BCUT2D eigenvalue weighted by Gasteiger charge is 2.44. The number of sulfonamides is 1. The molecule has 136 valence electrons. The van der Waals surface area contributed by atoms with E-state index in [1.165, 1.54) is 10.6 Å². The minimum absolute atomic E-state index is 0.0769. The van der Waals surface area contributed by atoms with Crippen molar-refractivity contribution < 1.29 is 22.3 Å². The fourth-order valence-corrected chi connectivity index (χ4v) is 4.36. The third-order valence-corrected chi connectivity index (χ3v) is 5.89. The van der Waals surface area contributed by atoms with E-state index in [-0.39, 0.29) is 6.10 Å². The van der Waals surface area contributed by atoms with Crippen molar-refractivity contribution in [3.63, 3.8) is 0 Å². The van der Waals surface area contributed by atoms with Gasteiger partial charge in [-0.05, 0) is 32.0 Å². The van der Waals surface area contributed by atoms with E-state index in [0.717, 1.165) is 31.7 Å². The van der Waals surface area contributed by atoms with E-state index < -0.39 is 15.6 Å². The van der Waals surface area contributed by atoms with Gasteiger partial charge in [-0.2, -0.15) is 4.31 Å². The van der Waals surface area contributed by atoms with Gasteiger partial charge < -0.3 is 13.9 Å². The Labute approximate surface area is 143 Å². The highest BCUT2D eigenvalue weighted by atomic mass is 32.2. The largest absolute Gasteiger partial charge is 0.468 e. The molecule has 1 aromatic heterocycles. The second-order valence-corrected chi connectivity index (χ2v) is 8.87. The van der Waals surface area contributed by atoms with E-state index in [1.54, 1.807) is 6.26 Å². The molecule has 0 N–H and O–H groups in total. The zero-order valence-electron chi connectivity index (χ0n) is 14.3. The van der Waals surface area contributed by atoms with Crippen molar-refractivity contribution in [1.29, 1.82) is 0 Å². The Bertz CT molecular complexity index is 633. The summed E-state index contributed by atoms with van der Waals surface area (Å²) in [6.07, 6.45) is 4.72. The van der Waals surface area contributed by atoms with Crippen LogP contribution in [0.5, 0.6) is 0 Å². The summed E-state index contributed by atoms with van der Waals surface area (Å²) in [4.78, 5) is 2.16.